The smallest absolute Gasteiger partial charge is 0.251 e. The lowest BCUT2D eigenvalue weighted by molar-refractivity contribution is -0.125. The summed E-state index contributed by atoms with van der Waals surface area (Å²) in [4.78, 5) is 24.3. The summed E-state index contributed by atoms with van der Waals surface area (Å²) in [6, 6.07) is 7.04. The van der Waals surface area contributed by atoms with Crippen LogP contribution in [0.3, 0.4) is 0 Å². The Hall–Kier alpha value is -2.56. The average molecular weight is 432 g/mol. The van der Waals surface area contributed by atoms with Crippen LogP contribution in [0.5, 0.6) is 5.75 Å². The molecule has 0 aromatic heterocycles. The lowest BCUT2D eigenvalue weighted by Gasteiger charge is -2.35. The largest absolute Gasteiger partial charge is 0.491 e. The van der Waals surface area contributed by atoms with Crippen molar-refractivity contribution in [3.8, 4) is 17.6 Å². The van der Waals surface area contributed by atoms with Gasteiger partial charge >= 0.3 is 0 Å². The maximum Gasteiger partial charge on any atom is 0.251 e. The molecule has 1 rings (SSSR count). The number of carbonyl (C=O) groups is 2. The number of hydrogen-bond donors (Lipinski definition) is 3. The van der Waals surface area contributed by atoms with Crippen molar-refractivity contribution >= 4 is 11.8 Å². The second kappa shape index (κ2) is 13.0. The molecular weight excluding hydrogens is 394 g/mol. The molecule has 0 saturated heterocycles. The molecule has 0 radical (unpaired) electrons. The number of benzene rings is 1. The Labute approximate surface area is 186 Å². The van der Waals surface area contributed by atoms with Crippen molar-refractivity contribution in [2.75, 3.05) is 40.0 Å². The first kappa shape index (κ1) is 26.5. The third-order valence-corrected chi connectivity index (χ3v) is 4.40. The molecule has 0 atom stereocenters. The SMILES string of the molecule is CC#CCNC(=O)COCCOc1cccc(C(=O)NC(C)(C)CC(C)(C)CNC)c1. The highest BCUT2D eigenvalue weighted by atomic mass is 16.5. The number of rotatable bonds is 13. The van der Waals surface area contributed by atoms with Gasteiger partial charge in [0.2, 0.25) is 5.91 Å². The van der Waals surface area contributed by atoms with Gasteiger partial charge in [-0.2, -0.15) is 0 Å². The number of amides is 2. The zero-order chi connectivity index (χ0) is 23.3. The fraction of sp³-hybridized carbons (Fsp3) is 0.583. The third-order valence-electron chi connectivity index (χ3n) is 4.40. The monoisotopic (exact) mass is 431 g/mol. The van der Waals surface area contributed by atoms with Crippen molar-refractivity contribution in [1.29, 1.82) is 0 Å². The van der Waals surface area contributed by atoms with Crippen molar-refractivity contribution in [3.05, 3.63) is 29.8 Å². The van der Waals surface area contributed by atoms with Crippen molar-refractivity contribution in [2.45, 2.75) is 46.6 Å². The molecule has 0 saturated carbocycles. The number of ether oxygens (including phenoxy) is 2. The molecule has 172 valence electrons. The minimum absolute atomic E-state index is 0.0455. The van der Waals surface area contributed by atoms with E-state index in [0.717, 1.165) is 13.0 Å². The molecule has 0 bridgehead atoms. The van der Waals surface area contributed by atoms with Crippen molar-refractivity contribution < 1.29 is 19.1 Å². The molecule has 2 amide bonds. The van der Waals surface area contributed by atoms with E-state index in [0.29, 0.717) is 17.9 Å². The van der Waals surface area contributed by atoms with Crippen LogP contribution in [0, 0.1) is 17.3 Å². The van der Waals surface area contributed by atoms with Crippen LogP contribution in [0.15, 0.2) is 24.3 Å². The van der Waals surface area contributed by atoms with E-state index in [-0.39, 0.29) is 42.6 Å². The van der Waals surface area contributed by atoms with E-state index in [4.69, 9.17) is 9.47 Å². The summed E-state index contributed by atoms with van der Waals surface area (Å²) in [7, 11) is 1.93. The highest BCUT2D eigenvalue weighted by Crippen LogP contribution is 2.27. The summed E-state index contributed by atoms with van der Waals surface area (Å²) in [5, 5.41) is 8.95. The van der Waals surface area contributed by atoms with Crippen LogP contribution in [0.1, 0.15) is 51.4 Å². The topological polar surface area (TPSA) is 88.7 Å². The first-order chi connectivity index (χ1) is 14.6. The number of hydrogen-bond acceptors (Lipinski definition) is 5. The van der Waals surface area contributed by atoms with Crippen LogP contribution >= 0.6 is 0 Å². The quantitative estimate of drug-likeness (QED) is 0.330. The van der Waals surface area contributed by atoms with Gasteiger partial charge in [-0.15, -0.1) is 5.92 Å². The Morgan fingerprint density at radius 1 is 1.13 bits per heavy atom. The van der Waals surface area contributed by atoms with Crippen LogP contribution < -0.4 is 20.7 Å². The maximum absolute atomic E-state index is 12.8. The minimum atomic E-state index is -0.356. The second-order valence-corrected chi connectivity index (χ2v) is 8.84. The zero-order valence-electron chi connectivity index (χ0n) is 19.7. The summed E-state index contributed by atoms with van der Waals surface area (Å²) < 4.78 is 10.9. The lowest BCUT2D eigenvalue weighted by Crippen LogP contribution is -2.47. The molecule has 1 aromatic carbocycles. The van der Waals surface area contributed by atoms with Crippen molar-refractivity contribution in [1.82, 2.24) is 16.0 Å². The predicted octanol–water partition coefficient (Wildman–Crippen LogP) is 2.37. The first-order valence-electron chi connectivity index (χ1n) is 10.5. The predicted molar refractivity (Wildman–Crippen MR) is 123 cm³/mol. The van der Waals surface area contributed by atoms with Gasteiger partial charge in [0.25, 0.3) is 5.91 Å². The normalized spacial score (nSPS) is 11.3. The van der Waals surface area contributed by atoms with Gasteiger partial charge in [-0.1, -0.05) is 25.8 Å². The Morgan fingerprint density at radius 2 is 1.87 bits per heavy atom. The number of carbonyl (C=O) groups excluding carboxylic acids is 2. The van der Waals surface area contributed by atoms with E-state index in [2.05, 4.69) is 41.6 Å². The molecule has 0 heterocycles. The van der Waals surface area contributed by atoms with E-state index in [1.165, 1.54) is 0 Å². The summed E-state index contributed by atoms with van der Waals surface area (Å²) in [5.74, 6) is 5.67. The molecule has 0 spiro atoms. The van der Waals surface area contributed by atoms with Gasteiger partial charge in [0.1, 0.15) is 19.0 Å². The van der Waals surface area contributed by atoms with Gasteiger partial charge in [0.05, 0.1) is 13.2 Å². The van der Waals surface area contributed by atoms with E-state index >= 15 is 0 Å². The van der Waals surface area contributed by atoms with Crippen molar-refractivity contribution in [2.24, 2.45) is 5.41 Å². The van der Waals surface area contributed by atoms with Crippen LogP contribution in [-0.2, 0) is 9.53 Å². The first-order valence-corrected chi connectivity index (χ1v) is 10.5. The van der Waals surface area contributed by atoms with E-state index in [1.807, 2.05) is 20.9 Å². The Morgan fingerprint density at radius 3 is 2.55 bits per heavy atom. The van der Waals surface area contributed by atoms with E-state index < -0.39 is 0 Å². The molecule has 0 unspecified atom stereocenters. The summed E-state index contributed by atoms with van der Waals surface area (Å²) in [6.45, 7) is 11.8. The highest BCUT2D eigenvalue weighted by molar-refractivity contribution is 5.95. The Bertz CT molecular complexity index is 779. The van der Waals surface area contributed by atoms with Gasteiger partial charge in [-0.25, -0.2) is 0 Å². The Kier molecular flexibility index (Phi) is 11.1. The molecule has 7 nitrogen and oxygen atoms in total. The molecule has 0 aliphatic rings. The summed E-state index contributed by atoms with van der Waals surface area (Å²) in [5.41, 5.74) is 0.233. The second-order valence-electron chi connectivity index (χ2n) is 8.84. The average Bonchev–Trinajstić information content (AvgIpc) is 2.66. The van der Waals surface area contributed by atoms with Gasteiger partial charge in [0.15, 0.2) is 0 Å². The van der Waals surface area contributed by atoms with E-state index in [9.17, 15) is 9.59 Å². The molecule has 3 N–H and O–H groups in total. The highest BCUT2D eigenvalue weighted by Gasteiger charge is 2.30. The van der Waals surface area contributed by atoms with Crippen molar-refractivity contribution in [3.63, 3.8) is 0 Å². The van der Waals surface area contributed by atoms with Gasteiger partial charge in [-0.3, -0.25) is 9.59 Å². The fourth-order valence-electron chi connectivity index (χ4n) is 3.55. The lowest BCUT2D eigenvalue weighted by atomic mass is 9.80. The molecule has 0 aliphatic carbocycles. The standard InChI is InChI=1S/C24H37N3O4/c1-7-8-12-26-21(28)16-30-13-14-31-20-11-9-10-19(15-20)22(29)27-24(4,5)17-23(2,3)18-25-6/h9-11,15,25H,12-14,16-18H2,1-6H3,(H,26,28)(H,27,29). The molecular formula is C24H37N3O4. The summed E-state index contributed by atoms with van der Waals surface area (Å²) >= 11 is 0. The zero-order valence-corrected chi connectivity index (χ0v) is 19.7. The van der Waals surface area contributed by atoms with Gasteiger partial charge < -0.3 is 25.4 Å². The maximum atomic E-state index is 12.8. The van der Waals surface area contributed by atoms with Crippen LogP contribution in [0.2, 0.25) is 0 Å². The molecule has 31 heavy (non-hydrogen) atoms. The molecule has 1 aromatic rings. The molecule has 7 heteroatoms. The van der Waals surface area contributed by atoms with Crippen LogP contribution in [0.4, 0.5) is 0 Å². The minimum Gasteiger partial charge on any atom is -0.491 e. The Balaban J connectivity index is 2.48. The molecule has 0 aliphatic heterocycles. The number of nitrogens with one attached hydrogen (secondary N) is 3. The fourth-order valence-corrected chi connectivity index (χ4v) is 3.55. The van der Waals surface area contributed by atoms with Crippen LogP contribution in [-0.4, -0.2) is 57.3 Å². The van der Waals surface area contributed by atoms with Gasteiger partial charge in [-0.05, 0) is 57.9 Å². The van der Waals surface area contributed by atoms with Crippen LogP contribution in [0.25, 0.3) is 0 Å². The third kappa shape index (κ3) is 11.4. The van der Waals surface area contributed by atoms with Gasteiger partial charge in [0, 0.05) is 17.6 Å². The molecule has 0 fully saturated rings. The summed E-state index contributed by atoms with van der Waals surface area (Å²) in [6.07, 6.45) is 0.832. The van der Waals surface area contributed by atoms with E-state index in [1.54, 1.807) is 31.2 Å².